The summed E-state index contributed by atoms with van der Waals surface area (Å²) >= 11 is 11.8. The lowest BCUT2D eigenvalue weighted by Crippen LogP contribution is -2.15. The second-order valence-electron chi connectivity index (χ2n) is 6.47. The molecule has 1 unspecified atom stereocenters. The van der Waals surface area contributed by atoms with E-state index in [1.165, 1.54) is 4.68 Å². The number of carbonyl (C=O) groups excluding carboxylic acids is 1. The minimum atomic E-state index is -0.845. The van der Waals surface area contributed by atoms with Gasteiger partial charge in [0.1, 0.15) is 5.69 Å². The number of hydrogen-bond acceptors (Lipinski definition) is 2. The third kappa shape index (κ3) is 4.52. The van der Waals surface area contributed by atoms with E-state index in [0.29, 0.717) is 23.1 Å². The second kappa shape index (κ2) is 8.04. The van der Waals surface area contributed by atoms with Gasteiger partial charge in [0.05, 0.1) is 5.56 Å². The molecule has 1 aromatic carbocycles. The predicted octanol–water partition coefficient (Wildman–Crippen LogP) is 5.30. The summed E-state index contributed by atoms with van der Waals surface area (Å²) in [5.74, 6) is 0.680. The van der Waals surface area contributed by atoms with E-state index in [4.69, 9.17) is 23.2 Å². The van der Waals surface area contributed by atoms with Gasteiger partial charge in [0.2, 0.25) is 0 Å². The van der Waals surface area contributed by atoms with Crippen molar-refractivity contribution in [2.45, 2.75) is 37.9 Å². The van der Waals surface area contributed by atoms with Crippen LogP contribution < -0.4 is 5.32 Å². The van der Waals surface area contributed by atoms with Crippen molar-refractivity contribution in [1.82, 2.24) is 9.78 Å². The van der Waals surface area contributed by atoms with Crippen LogP contribution >= 0.6 is 23.2 Å². The number of aryl methyl sites for hydroxylation is 1. The molecule has 24 heavy (non-hydrogen) atoms. The minimum Gasteiger partial charge on any atom is -0.322 e. The highest BCUT2D eigenvalue weighted by atomic mass is 35.5. The summed E-state index contributed by atoms with van der Waals surface area (Å²) in [5, 5.41) is 7.14. The Labute approximate surface area is 153 Å². The summed E-state index contributed by atoms with van der Waals surface area (Å²) < 4.78 is 1.54. The standard InChI is InChI=1S/C18H23Cl2N3O/c1-11(2)9-12(3)13-7-5-6-8-15(13)21-18(24)14-10-23(4)22-16(14)17(19)20/h5-8,10-12,17H,9H2,1-4H3,(H,21,24). The van der Waals surface area contributed by atoms with E-state index in [1.807, 2.05) is 18.2 Å². The maximum absolute atomic E-state index is 12.7. The van der Waals surface area contributed by atoms with Gasteiger partial charge in [0.15, 0.2) is 4.84 Å². The average Bonchev–Trinajstić information content (AvgIpc) is 2.89. The van der Waals surface area contributed by atoms with Crippen molar-refractivity contribution in [3.8, 4) is 0 Å². The number of alkyl halides is 2. The highest BCUT2D eigenvalue weighted by Gasteiger charge is 2.21. The van der Waals surface area contributed by atoms with Gasteiger partial charge in [-0.25, -0.2) is 0 Å². The number of anilines is 1. The molecule has 1 heterocycles. The summed E-state index contributed by atoms with van der Waals surface area (Å²) in [4.78, 5) is 11.8. The van der Waals surface area contributed by atoms with Gasteiger partial charge in [-0.1, -0.05) is 62.2 Å². The number of hydrogen-bond donors (Lipinski definition) is 1. The van der Waals surface area contributed by atoms with Crippen LogP contribution in [0.3, 0.4) is 0 Å². The van der Waals surface area contributed by atoms with Gasteiger partial charge < -0.3 is 5.32 Å². The normalized spacial score (nSPS) is 12.7. The molecule has 2 aromatic rings. The van der Waals surface area contributed by atoms with Crippen molar-refractivity contribution in [2.24, 2.45) is 13.0 Å². The molecule has 1 aromatic heterocycles. The zero-order chi connectivity index (χ0) is 17.9. The molecule has 0 saturated carbocycles. The first-order valence-electron chi connectivity index (χ1n) is 8.01. The Balaban J connectivity index is 2.27. The van der Waals surface area contributed by atoms with Crippen molar-refractivity contribution in [3.63, 3.8) is 0 Å². The number of aromatic nitrogens is 2. The number of carbonyl (C=O) groups is 1. The van der Waals surface area contributed by atoms with Crippen molar-refractivity contribution >= 4 is 34.8 Å². The van der Waals surface area contributed by atoms with E-state index in [2.05, 4.69) is 37.3 Å². The van der Waals surface area contributed by atoms with Gasteiger partial charge in [0.25, 0.3) is 5.91 Å². The average molecular weight is 368 g/mol. The van der Waals surface area contributed by atoms with Gasteiger partial charge in [-0.15, -0.1) is 0 Å². The quantitative estimate of drug-likeness (QED) is 0.704. The largest absolute Gasteiger partial charge is 0.322 e. The number of rotatable bonds is 6. The van der Waals surface area contributed by atoms with E-state index in [0.717, 1.165) is 17.7 Å². The highest BCUT2D eigenvalue weighted by Crippen LogP contribution is 2.31. The van der Waals surface area contributed by atoms with Crippen LogP contribution in [-0.2, 0) is 7.05 Å². The maximum Gasteiger partial charge on any atom is 0.259 e. The molecule has 0 aliphatic rings. The van der Waals surface area contributed by atoms with Gasteiger partial charge >= 0.3 is 0 Å². The minimum absolute atomic E-state index is 0.256. The van der Waals surface area contributed by atoms with Crippen molar-refractivity contribution in [1.29, 1.82) is 0 Å². The first-order chi connectivity index (χ1) is 11.3. The number of nitrogens with one attached hydrogen (secondary N) is 1. The fourth-order valence-electron chi connectivity index (χ4n) is 2.91. The molecule has 0 fully saturated rings. The Morgan fingerprint density at radius 2 is 1.92 bits per heavy atom. The first-order valence-corrected chi connectivity index (χ1v) is 8.88. The van der Waals surface area contributed by atoms with Crippen molar-refractivity contribution < 1.29 is 4.79 Å². The van der Waals surface area contributed by atoms with Crippen LogP contribution in [0.2, 0.25) is 0 Å². The third-order valence-corrected chi connectivity index (χ3v) is 4.29. The Morgan fingerprint density at radius 3 is 2.54 bits per heavy atom. The summed E-state index contributed by atoms with van der Waals surface area (Å²) in [6.07, 6.45) is 2.68. The molecule has 0 radical (unpaired) electrons. The van der Waals surface area contributed by atoms with Crippen LogP contribution in [0.4, 0.5) is 5.69 Å². The molecule has 1 N–H and O–H groups in total. The molecule has 4 nitrogen and oxygen atoms in total. The number of nitrogens with zero attached hydrogens (tertiary/aromatic N) is 2. The smallest absolute Gasteiger partial charge is 0.259 e. The molecule has 1 amide bonds. The molecule has 2 rings (SSSR count). The van der Waals surface area contributed by atoms with Gasteiger partial charge in [0, 0.05) is 18.9 Å². The van der Waals surface area contributed by atoms with Crippen LogP contribution in [0.15, 0.2) is 30.5 Å². The number of amides is 1. The molecule has 0 bridgehead atoms. The Morgan fingerprint density at radius 1 is 1.25 bits per heavy atom. The van der Waals surface area contributed by atoms with Gasteiger partial charge in [-0.05, 0) is 29.9 Å². The number of para-hydroxylation sites is 1. The zero-order valence-electron chi connectivity index (χ0n) is 14.4. The topological polar surface area (TPSA) is 46.9 Å². The van der Waals surface area contributed by atoms with Crippen LogP contribution in [0.25, 0.3) is 0 Å². The molecule has 0 spiro atoms. The Kier molecular flexibility index (Phi) is 6.30. The molecule has 0 aliphatic carbocycles. The molecule has 130 valence electrons. The molecular formula is C18H23Cl2N3O. The maximum atomic E-state index is 12.7. The monoisotopic (exact) mass is 367 g/mol. The van der Waals surface area contributed by atoms with Crippen LogP contribution in [0.1, 0.15) is 59.6 Å². The van der Waals surface area contributed by atoms with Gasteiger partial charge in [-0.2, -0.15) is 5.10 Å². The van der Waals surface area contributed by atoms with E-state index < -0.39 is 4.84 Å². The fraction of sp³-hybridized carbons (Fsp3) is 0.444. The first kappa shape index (κ1) is 18.8. The van der Waals surface area contributed by atoms with Gasteiger partial charge in [-0.3, -0.25) is 9.48 Å². The number of halogens is 2. The molecule has 1 atom stereocenters. The van der Waals surface area contributed by atoms with Crippen molar-refractivity contribution in [2.75, 3.05) is 5.32 Å². The van der Waals surface area contributed by atoms with E-state index in [-0.39, 0.29) is 5.91 Å². The lowest BCUT2D eigenvalue weighted by molar-refractivity contribution is 0.102. The lowest BCUT2D eigenvalue weighted by atomic mass is 9.91. The van der Waals surface area contributed by atoms with E-state index in [1.54, 1.807) is 13.2 Å². The van der Waals surface area contributed by atoms with E-state index >= 15 is 0 Å². The Bertz CT molecular complexity index is 710. The van der Waals surface area contributed by atoms with Crippen LogP contribution in [0.5, 0.6) is 0 Å². The zero-order valence-corrected chi connectivity index (χ0v) is 15.9. The summed E-state index contributed by atoms with van der Waals surface area (Å²) in [7, 11) is 1.73. The Hall–Kier alpha value is -1.52. The second-order valence-corrected chi connectivity index (χ2v) is 7.57. The molecule has 6 heteroatoms. The molecular weight excluding hydrogens is 345 g/mol. The van der Waals surface area contributed by atoms with Crippen molar-refractivity contribution in [3.05, 3.63) is 47.3 Å². The third-order valence-electron chi connectivity index (χ3n) is 3.87. The summed E-state index contributed by atoms with van der Waals surface area (Å²) in [5.41, 5.74) is 2.69. The molecule has 0 saturated heterocycles. The summed E-state index contributed by atoms with van der Waals surface area (Å²) in [6, 6.07) is 7.87. The van der Waals surface area contributed by atoms with Crippen LogP contribution in [-0.4, -0.2) is 15.7 Å². The highest BCUT2D eigenvalue weighted by molar-refractivity contribution is 6.44. The van der Waals surface area contributed by atoms with E-state index in [9.17, 15) is 4.79 Å². The summed E-state index contributed by atoms with van der Waals surface area (Å²) in [6.45, 7) is 6.56. The fourth-order valence-corrected chi connectivity index (χ4v) is 3.23. The lowest BCUT2D eigenvalue weighted by Gasteiger charge is -2.18. The number of benzene rings is 1. The molecule has 0 aliphatic heterocycles. The van der Waals surface area contributed by atoms with Crippen LogP contribution in [0, 0.1) is 5.92 Å². The SMILES string of the molecule is CC(C)CC(C)c1ccccc1NC(=O)c1cn(C)nc1C(Cl)Cl. The predicted molar refractivity (Wildman–Crippen MR) is 99.9 cm³/mol.